The number of ether oxygens (including phenoxy) is 2. The number of likely N-dealkylation sites (N-methyl/N-ethyl adjacent to an activating group) is 2. The lowest BCUT2D eigenvalue weighted by atomic mass is 10.1. The minimum absolute atomic E-state index is 0.0833. The molecule has 20 heavy (non-hydrogen) atoms. The van der Waals surface area contributed by atoms with E-state index >= 15 is 0 Å². The lowest BCUT2D eigenvalue weighted by molar-refractivity contribution is -0.133. The number of nitrogens with zero attached hydrogens (tertiary/aromatic N) is 2. The quantitative estimate of drug-likeness (QED) is 0.794. The molecule has 1 aromatic rings. The van der Waals surface area contributed by atoms with Gasteiger partial charge in [-0.25, -0.2) is 0 Å². The SMILES string of the molecule is COc1ccc(CN(C)C(C)C(=O)N(C)C)c(OC)c1. The molecule has 0 heterocycles. The number of hydrogen-bond acceptors (Lipinski definition) is 4. The summed E-state index contributed by atoms with van der Waals surface area (Å²) in [7, 11) is 8.71. The first-order valence-corrected chi connectivity index (χ1v) is 6.53. The number of methoxy groups -OCH3 is 2. The number of carbonyl (C=O) groups is 1. The molecule has 0 radical (unpaired) electrons. The summed E-state index contributed by atoms with van der Waals surface area (Å²) in [6.45, 7) is 2.53. The van der Waals surface area contributed by atoms with Crippen molar-refractivity contribution in [2.45, 2.75) is 19.5 Å². The van der Waals surface area contributed by atoms with Gasteiger partial charge in [0.1, 0.15) is 11.5 Å². The van der Waals surface area contributed by atoms with Gasteiger partial charge in [0.05, 0.1) is 20.3 Å². The fourth-order valence-electron chi connectivity index (χ4n) is 1.95. The van der Waals surface area contributed by atoms with Crippen molar-refractivity contribution in [1.29, 1.82) is 0 Å². The second kappa shape index (κ2) is 7.14. The molecule has 5 heteroatoms. The zero-order valence-corrected chi connectivity index (χ0v) is 13.1. The second-order valence-corrected chi connectivity index (χ2v) is 5.00. The lowest BCUT2D eigenvalue weighted by Gasteiger charge is -2.26. The van der Waals surface area contributed by atoms with Crippen molar-refractivity contribution < 1.29 is 14.3 Å². The van der Waals surface area contributed by atoms with Crippen molar-refractivity contribution in [3.05, 3.63) is 23.8 Å². The summed E-state index contributed by atoms with van der Waals surface area (Å²) in [5.74, 6) is 1.60. The Morgan fingerprint density at radius 1 is 1.20 bits per heavy atom. The van der Waals surface area contributed by atoms with Gasteiger partial charge in [0.15, 0.2) is 0 Å². The van der Waals surface area contributed by atoms with Crippen LogP contribution in [-0.4, -0.2) is 57.1 Å². The van der Waals surface area contributed by atoms with Crippen molar-refractivity contribution in [2.75, 3.05) is 35.4 Å². The molecule has 0 aliphatic carbocycles. The Balaban J connectivity index is 2.84. The summed E-state index contributed by atoms with van der Waals surface area (Å²) < 4.78 is 10.6. The first-order chi connectivity index (χ1) is 9.40. The fourth-order valence-corrected chi connectivity index (χ4v) is 1.95. The van der Waals surface area contributed by atoms with Gasteiger partial charge < -0.3 is 14.4 Å². The first-order valence-electron chi connectivity index (χ1n) is 6.53. The number of rotatable bonds is 6. The van der Waals surface area contributed by atoms with Crippen molar-refractivity contribution in [3.63, 3.8) is 0 Å². The smallest absolute Gasteiger partial charge is 0.239 e. The van der Waals surface area contributed by atoms with E-state index in [0.717, 1.165) is 17.1 Å². The maximum atomic E-state index is 12.0. The van der Waals surface area contributed by atoms with E-state index in [1.807, 2.05) is 37.1 Å². The Kier molecular flexibility index (Phi) is 5.82. The van der Waals surface area contributed by atoms with Crippen LogP contribution in [0.5, 0.6) is 11.5 Å². The van der Waals surface area contributed by atoms with Crippen molar-refractivity contribution in [3.8, 4) is 11.5 Å². The molecular formula is C15H24N2O3. The molecule has 0 saturated heterocycles. The van der Waals surface area contributed by atoms with Crippen LogP contribution in [0.15, 0.2) is 18.2 Å². The average Bonchev–Trinajstić information content (AvgIpc) is 2.45. The molecule has 1 aromatic carbocycles. The highest BCUT2D eigenvalue weighted by Gasteiger charge is 2.20. The van der Waals surface area contributed by atoms with Crippen molar-refractivity contribution >= 4 is 5.91 Å². The molecule has 0 fully saturated rings. The van der Waals surface area contributed by atoms with E-state index in [9.17, 15) is 4.79 Å². The van der Waals surface area contributed by atoms with E-state index < -0.39 is 0 Å². The number of benzene rings is 1. The van der Waals surface area contributed by atoms with Crippen LogP contribution < -0.4 is 9.47 Å². The molecule has 0 aliphatic rings. The third kappa shape index (κ3) is 3.87. The Hall–Kier alpha value is -1.75. The van der Waals surface area contributed by atoms with E-state index in [1.54, 1.807) is 33.2 Å². The van der Waals surface area contributed by atoms with E-state index in [1.165, 1.54) is 0 Å². The molecule has 0 spiro atoms. The second-order valence-electron chi connectivity index (χ2n) is 5.00. The largest absolute Gasteiger partial charge is 0.497 e. The summed E-state index contributed by atoms with van der Waals surface area (Å²) in [5, 5.41) is 0. The topological polar surface area (TPSA) is 42.0 Å². The molecule has 0 saturated carbocycles. The molecule has 1 amide bonds. The monoisotopic (exact) mass is 280 g/mol. The van der Waals surface area contributed by atoms with Crippen LogP contribution in [-0.2, 0) is 11.3 Å². The van der Waals surface area contributed by atoms with E-state index in [4.69, 9.17) is 9.47 Å². The van der Waals surface area contributed by atoms with Gasteiger partial charge in [-0.2, -0.15) is 0 Å². The van der Waals surface area contributed by atoms with Crippen LogP contribution in [0.25, 0.3) is 0 Å². The molecule has 112 valence electrons. The summed E-state index contributed by atoms with van der Waals surface area (Å²) in [5.41, 5.74) is 1.02. The van der Waals surface area contributed by atoms with Gasteiger partial charge in [-0.15, -0.1) is 0 Å². The van der Waals surface area contributed by atoms with E-state index in [0.29, 0.717) is 6.54 Å². The first kappa shape index (κ1) is 16.3. The highest BCUT2D eigenvalue weighted by molar-refractivity contribution is 5.80. The minimum atomic E-state index is -0.184. The van der Waals surface area contributed by atoms with Crippen LogP contribution in [0, 0.1) is 0 Å². The van der Waals surface area contributed by atoms with Crippen LogP contribution >= 0.6 is 0 Å². The third-order valence-corrected chi connectivity index (χ3v) is 3.37. The van der Waals surface area contributed by atoms with E-state index in [2.05, 4.69) is 0 Å². The van der Waals surface area contributed by atoms with E-state index in [-0.39, 0.29) is 11.9 Å². The zero-order chi connectivity index (χ0) is 15.3. The van der Waals surface area contributed by atoms with Gasteiger partial charge in [-0.05, 0) is 20.0 Å². The molecule has 5 nitrogen and oxygen atoms in total. The summed E-state index contributed by atoms with van der Waals surface area (Å²) in [6, 6.07) is 5.52. The lowest BCUT2D eigenvalue weighted by Crippen LogP contribution is -2.42. The molecule has 1 unspecified atom stereocenters. The predicted molar refractivity (Wildman–Crippen MR) is 79.2 cm³/mol. The highest BCUT2D eigenvalue weighted by Crippen LogP contribution is 2.25. The predicted octanol–water partition coefficient (Wildman–Crippen LogP) is 1.61. The fraction of sp³-hybridized carbons (Fsp3) is 0.533. The molecule has 0 N–H and O–H groups in total. The Labute approximate surface area is 121 Å². The van der Waals surface area contributed by atoms with Gasteiger partial charge >= 0.3 is 0 Å². The highest BCUT2D eigenvalue weighted by atomic mass is 16.5. The molecule has 1 atom stereocenters. The maximum Gasteiger partial charge on any atom is 0.239 e. The molecular weight excluding hydrogens is 256 g/mol. The zero-order valence-electron chi connectivity index (χ0n) is 13.1. The number of hydrogen-bond donors (Lipinski definition) is 0. The van der Waals surface area contributed by atoms with Gasteiger partial charge in [-0.1, -0.05) is 6.07 Å². The van der Waals surface area contributed by atoms with Gasteiger partial charge in [0.2, 0.25) is 5.91 Å². The molecule has 0 aromatic heterocycles. The Bertz CT molecular complexity index is 460. The molecule has 1 rings (SSSR count). The Morgan fingerprint density at radius 3 is 2.35 bits per heavy atom. The van der Waals surface area contributed by atoms with Crippen LogP contribution in [0.4, 0.5) is 0 Å². The average molecular weight is 280 g/mol. The standard InChI is InChI=1S/C15H24N2O3/c1-11(15(18)16(2)3)17(4)10-12-7-8-13(19-5)9-14(12)20-6/h7-9,11H,10H2,1-6H3. The van der Waals surface area contributed by atoms with Crippen molar-refractivity contribution in [1.82, 2.24) is 9.80 Å². The summed E-state index contributed by atoms with van der Waals surface area (Å²) in [4.78, 5) is 15.6. The van der Waals surface area contributed by atoms with Gasteiger partial charge in [-0.3, -0.25) is 9.69 Å². The third-order valence-electron chi connectivity index (χ3n) is 3.37. The van der Waals surface area contributed by atoms with Crippen LogP contribution in [0.1, 0.15) is 12.5 Å². The van der Waals surface area contributed by atoms with Gasteiger partial charge in [0.25, 0.3) is 0 Å². The normalized spacial score (nSPS) is 12.2. The van der Waals surface area contributed by atoms with Gasteiger partial charge in [0, 0.05) is 32.3 Å². The molecule has 0 aliphatic heterocycles. The number of carbonyl (C=O) groups excluding carboxylic acids is 1. The van der Waals surface area contributed by atoms with Crippen LogP contribution in [0.3, 0.4) is 0 Å². The summed E-state index contributed by atoms with van der Waals surface area (Å²) >= 11 is 0. The maximum absolute atomic E-state index is 12.0. The van der Waals surface area contributed by atoms with Crippen LogP contribution in [0.2, 0.25) is 0 Å². The summed E-state index contributed by atoms with van der Waals surface area (Å²) in [6.07, 6.45) is 0. The van der Waals surface area contributed by atoms with Crippen molar-refractivity contribution in [2.24, 2.45) is 0 Å². The molecule has 0 bridgehead atoms. The Morgan fingerprint density at radius 2 is 1.85 bits per heavy atom. The minimum Gasteiger partial charge on any atom is -0.497 e. The number of amides is 1.